The maximum Gasteiger partial charge on any atom is 0.266 e. The topological polar surface area (TPSA) is 112 Å². The predicted octanol–water partition coefficient (Wildman–Crippen LogP) is 2.29. The van der Waals surface area contributed by atoms with E-state index in [-0.39, 0.29) is 26.5 Å². The molecule has 0 N–H and O–H groups in total. The van der Waals surface area contributed by atoms with E-state index in [1.165, 1.54) is 18.2 Å². The number of anilines is 1. The summed E-state index contributed by atoms with van der Waals surface area (Å²) in [5, 5.41) is 10.9. The van der Waals surface area contributed by atoms with Crippen molar-refractivity contribution in [3.63, 3.8) is 0 Å². The molecular weight excluding hydrogens is 521 g/mol. The lowest BCUT2D eigenvalue weighted by Crippen LogP contribution is -2.29. The lowest BCUT2D eigenvalue weighted by Gasteiger charge is -2.13. The first-order valence-electron chi connectivity index (χ1n) is 8.55. The molecule has 0 aliphatic carbocycles. The fraction of sp³-hybridized carbons (Fsp3) is 0. The molecule has 0 unspecified atom stereocenters. The molecule has 0 aromatic heterocycles. The van der Waals surface area contributed by atoms with E-state index < -0.39 is 27.6 Å². The smallest absolute Gasteiger partial charge is 0.266 e. The van der Waals surface area contributed by atoms with Gasteiger partial charge in [0.05, 0.1) is 32.6 Å². The highest BCUT2D eigenvalue weighted by Crippen LogP contribution is 2.32. The highest BCUT2D eigenvalue weighted by Gasteiger charge is 2.37. The van der Waals surface area contributed by atoms with Gasteiger partial charge in [-0.1, -0.05) is 18.2 Å². The van der Waals surface area contributed by atoms with E-state index in [9.17, 15) is 27.9 Å². The number of carbonyl (C=O) groups is 3. The predicted molar refractivity (Wildman–Crippen MR) is 113 cm³/mol. The van der Waals surface area contributed by atoms with E-state index in [0.29, 0.717) is 5.69 Å². The van der Waals surface area contributed by atoms with Gasteiger partial charge in [0.2, 0.25) is 9.84 Å². The number of benzene rings is 3. The minimum absolute atomic E-state index is 0.00806. The zero-order valence-electron chi connectivity index (χ0n) is 15.0. The summed E-state index contributed by atoms with van der Waals surface area (Å²) < 4.78 is 26.7. The minimum atomic E-state index is -4.03. The first-order chi connectivity index (χ1) is 14.2. The van der Waals surface area contributed by atoms with Crippen LogP contribution in [0.15, 0.2) is 76.5 Å². The molecule has 0 spiro atoms. The monoisotopic (exact) mass is 532 g/mol. The number of imide groups is 1. The summed E-state index contributed by atoms with van der Waals surface area (Å²) in [6.45, 7) is 0. The molecule has 9 heteroatoms. The Morgan fingerprint density at radius 3 is 2.10 bits per heavy atom. The summed E-state index contributed by atoms with van der Waals surface area (Å²) in [6, 6.07) is 15.1. The van der Waals surface area contributed by atoms with Crippen LogP contribution in [-0.2, 0) is 9.84 Å². The molecular formula is C21H11INO6S-. The van der Waals surface area contributed by atoms with Crippen LogP contribution in [-0.4, -0.2) is 26.2 Å². The Labute approximate surface area is 185 Å². The summed E-state index contributed by atoms with van der Waals surface area (Å²) in [6.07, 6.45) is 0. The Balaban J connectivity index is 1.75. The fourth-order valence-corrected chi connectivity index (χ4v) is 4.96. The number of sulfone groups is 1. The molecule has 0 saturated heterocycles. The van der Waals surface area contributed by atoms with Crippen LogP contribution >= 0.6 is 22.6 Å². The molecule has 1 aliphatic heterocycles. The molecule has 1 heterocycles. The van der Waals surface area contributed by atoms with Gasteiger partial charge in [0.15, 0.2) is 0 Å². The molecule has 3 aromatic rings. The van der Waals surface area contributed by atoms with E-state index in [2.05, 4.69) is 22.6 Å². The van der Waals surface area contributed by atoms with Gasteiger partial charge in [0.1, 0.15) is 0 Å². The number of nitrogens with zero attached hydrogens (tertiary/aromatic N) is 1. The first kappa shape index (κ1) is 20.2. The number of aromatic carboxylic acids is 1. The van der Waals surface area contributed by atoms with E-state index >= 15 is 0 Å². The Morgan fingerprint density at radius 2 is 1.47 bits per heavy atom. The van der Waals surface area contributed by atoms with Crippen molar-refractivity contribution in [1.29, 1.82) is 0 Å². The van der Waals surface area contributed by atoms with Gasteiger partial charge in [0, 0.05) is 3.57 Å². The maximum atomic E-state index is 12.9. The molecule has 30 heavy (non-hydrogen) atoms. The van der Waals surface area contributed by atoms with Crippen molar-refractivity contribution in [3.8, 4) is 0 Å². The number of hydrogen-bond acceptors (Lipinski definition) is 6. The Kier molecular flexibility index (Phi) is 4.94. The van der Waals surface area contributed by atoms with Crippen molar-refractivity contribution in [1.82, 2.24) is 0 Å². The number of carboxylic acids is 1. The molecule has 0 saturated carbocycles. The van der Waals surface area contributed by atoms with Gasteiger partial charge in [0.25, 0.3) is 11.8 Å². The van der Waals surface area contributed by atoms with Crippen LogP contribution in [0.4, 0.5) is 5.69 Å². The third kappa shape index (κ3) is 3.29. The Bertz CT molecular complexity index is 1330. The van der Waals surface area contributed by atoms with Crippen LogP contribution in [0.25, 0.3) is 0 Å². The van der Waals surface area contributed by atoms with Crippen molar-refractivity contribution >= 4 is 55.9 Å². The van der Waals surface area contributed by atoms with E-state index in [1.54, 1.807) is 18.2 Å². The second kappa shape index (κ2) is 7.33. The average molecular weight is 532 g/mol. The molecule has 2 amide bonds. The molecule has 3 aromatic carbocycles. The molecule has 0 radical (unpaired) electrons. The Morgan fingerprint density at radius 1 is 0.833 bits per heavy atom. The summed E-state index contributed by atoms with van der Waals surface area (Å²) in [5.41, 5.74) is 0.351. The first-order valence-corrected chi connectivity index (χ1v) is 11.1. The van der Waals surface area contributed by atoms with E-state index in [0.717, 1.165) is 32.7 Å². The molecule has 0 fully saturated rings. The SMILES string of the molecule is O=C([O-])c1ccc(S(=O)(=O)c2ccc3c(c2)C(=O)N(c2cccc(I)c2)C3=O)cc1. The second-order valence-corrected chi connectivity index (χ2v) is 9.64. The standard InChI is InChI=1S/C21H12INO6S/c22-13-2-1-3-14(10-13)23-19(24)17-9-8-16(11-18(17)20(23)25)30(28,29)15-6-4-12(5-7-15)21(26)27/h1-11H,(H,26,27)/p-1. The lowest BCUT2D eigenvalue weighted by atomic mass is 10.1. The van der Waals surface area contributed by atoms with Gasteiger partial charge >= 0.3 is 0 Å². The number of halogens is 1. The number of fused-ring (bicyclic) bond motifs is 1. The zero-order chi connectivity index (χ0) is 21.6. The lowest BCUT2D eigenvalue weighted by molar-refractivity contribution is -0.255. The number of hydrogen-bond donors (Lipinski definition) is 0. The molecule has 7 nitrogen and oxygen atoms in total. The summed E-state index contributed by atoms with van der Waals surface area (Å²) >= 11 is 2.07. The van der Waals surface area contributed by atoms with Crippen LogP contribution < -0.4 is 10.0 Å². The summed E-state index contributed by atoms with van der Waals surface area (Å²) in [5.74, 6) is -2.56. The van der Waals surface area contributed by atoms with Gasteiger partial charge in [-0.2, -0.15) is 0 Å². The van der Waals surface area contributed by atoms with Gasteiger partial charge in [-0.15, -0.1) is 0 Å². The second-order valence-electron chi connectivity index (χ2n) is 6.45. The van der Waals surface area contributed by atoms with Crippen LogP contribution in [0.1, 0.15) is 31.1 Å². The molecule has 1 aliphatic rings. The van der Waals surface area contributed by atoms with Crippen LogP contribution in [0.3, 0.4) is 0 Å². The van der Waals surface area contributed by atoms with Gasteiger partial charge in [-0.05, 0) is 76.7 Å². The van der Waals surface area contributed by atoms with Gasteiger partial charge in [-0.25, -0.2) is 13.3 Å². The molecule has 4 rings (SSSR count). The van der Waals surface area contributed by atoms with Crippen molar-refractivity contribution < 1.29 is 27.9 Å². The molecule has 150 valence electrons. The van der Waals surface area contributed by atoms with Crippen LogP contribution in [0.2, 0.25) is 0 Å². The quantitative estimate of drug-likeness (QED) is 0.377. The number of carbonyl (C=O) groups excluding carboxylic acids is 3. The van der Waals surface area contributed by atoms with Crippen molar-refractivity contribution in [2.75, 3.05) is 4.90 Å². The van der Waals surface area contributed by atoms with Crippen molar-refractivity contribution in [2.24, 2.45) is 0 Å². The Hall–Kier alpha value is -3.05. The number of carboxylic acid groups (broad SMARTS) is 1. The van der Waals surface area contributed by atoms with Crippen molar-refractivity contribution in [3.05, 3.63) is 87.0 Å². The average Bonchev–Trinajstić information content (AvgIpc) is 2.98. The fourth-order valence-electron chi connectivity index (χ4n) is 3.14. The normalized spacial score (nSPS) is 13.4. The third-order valence-corrected chi connectivity index (χ3v) is 7.07. The van der Waals surface area contributed by atoms with E-state index in [4.69, 9.17) is 0 Å². The summed E-state index contributed by atoms with van der Waals surface area (Å²) in [4.78, 5) is 37.2. The van der Waals surface area contributed by atoms with Gasteiger partial charge in [-0.3, -0.25) is 9.59 Å². The van der Waals surface area contributed by atoms with Crippen molar-refractivity contribution in [2.45, 2.75) is 9.79 Å². The number of rotatable bonds is 4. The zero-order valence-corrected chi connectivity index (χ0v) is 18.0. The minimum Gasteiger partial charge on any atom is -0.545 e. The summed E-state index contributed by atoms with van der Waals surface area (Å²) in [7, 11) is -4.03. The maximum absolute atomic E-state index is 12.9. The van der Waals surface area contributed by atoms with Crippen LogP contribution in [0.5, 0.6) is 0 Å². The van der Waals surface area contributed by atoms with E-state index in [1.807, 2.05) is 6.07 Å². The van der Waals surface area contributed by atoms with Crippen LogP contribution in [0, 0.1) is 3.57 Å². The van der Waals surface area contributed by atoms with Gasteiger partial charge < -0.3 is 9.90 Å². The highest BCUT2D eigenvalue weighted by atomic mass is 127. The molecule has 0 bridgehead atoms. The highest BCUT2D eigenvalue weighted by molar-refractivity contribution is 14.1. The molecule has 0 atom stereocenters. The number of amides is 2. The third-order valence-electron chi connectivity index (χ3n) is 4.64. The largest absolute Gasteiger partial charge is 0.545 e.